The molecule has 2 heterocycles. The third-order valence-corrected chi connectivity index (χ3v) is 7.38. The van der Waals surface area contributed by atoms with E-state index in [0.29, 0.717) is 12.3 Å². The molecule has 1 amide bonds. The van der Waals surface area contributed by atoms with E-state index in [9.17, 15) is 4.79 Å². The number of rotatable bonds is 9. The Morgan fingerprint density at radius 1 is 0.971 bits per heavy atom. The lowest BCUT2D eigenvalue weighted by Gasteiger charge is -2.35. The van der Waals surface area contributed by atoms with Crippen LogP contribution in [0.2, 0.25) is 0 Å². The summed E-state index contributed by atoms with van der Waals surface area (Å²) in [4.78, 5) is 17.8. The SMILES string of the molecule is CNc1cc2c(cc1OC)CC(=O)N(CC1CCCN(CCc3ccc(OC)c(OC)c3)C1)CC2. The molecule has 0 bridgehead atoms. The van der Waals surface area contributed by atoms with Crippen molar-refractivity contribution in [3.8, 4) is 17.2 Å². The second kappa shape index (κ2) is 11.7. The molecule has 1 fully saturated rings. The Hall–Kier alpha value is -2.93. The molecule has 0 aromatic heterocycles. The second-order valence-electron chi connectivity index (χ2n) is 9.59. The summed E-state index contributed by atoms with van der Waals surface area (Å²) in [5, 5.41) is 3.20. The van der Waals surface area contributed by atoms with E-state index in [-0.39, 0.29) is 5.91 Å². The van der Waals surface area contributed by atoms with Crippen LogP contribution in [0.5, 0.6) is 17.2 Å². The minimum Gasteiger partial charge on any atom is -0.495 e. The molecule has 2 aromatic rings. The Bertz CT molecular complexity index is 1030. The summed E-state index contributed by atoms with van der Waals surface area (Å²) >= 11 is 0. The largest absolute Gasteiger partial charge is 0.495 e. The predicted molar refractivity (Wildman–Crippen MR) is 139 cm³/mol. The van der Waals surface area contributed by atoms with Gasteiger partial charge in [-0.25, -0.2) is 0 Å². The molecular weight excluding hydrogens is 442 g/mol. The van der Waals surface area contributed by atoms with E-state index >= 15 is 0 Å². The zero-order chi connectivity index (χ0) is 24.8. The zero-order valence-electron chi connectivity index (χ0n) is 21.6. The predicted octanol–water partition coefficient (Wildman–Crippen LogP) is 3.64. The van der Waals surface area contributed by atoms with Gasteiger partial charge in [0.1, 0.15) is 5.75 Å². The van der Waals surface area contributed by atoms with Crippen LogP contribution in [-0.2, 0) is 24.1 Å². The summed E-state index contributed by atoms with van der Waals surface area (Å²) in [7, 11) is 6.91. The van der Waals surface area contributed by atoms with Crippen molar-refractivity contribution in [2.75, 3.05) is 66.4 Å². The van der Waals surface area contributed by atoms with Crippen LogP contribution in [-0.4, -0.2) is 76.8 Å². The van der Waals surface area contributed by atoms with Gasteiger partial charge in [0.05, 0.1) is 33.4 Å². The molecule has 190 valence electrons. The highest BCUT2D eigenvalue weighted by molar-refractivity contribution is 5.80. The number of nitrogens with zero attached hydrogens (tertiary/aromatic N) is 2. The molecule has 1 saturated heterocycles. The molecule has 7 heteroatoms. The molecule has 0 radical (unpaired) electrons. The topological polar surface area (TPSA) is 63.3 Å². The molecule has 2 aromatic carbocycles. The van der Waals surface area contributed by atoms with Gasteiger partial charge in [0.2, 0.25) is 5.91 Å². The zero-order valence-corrected chi connectivity index (χ0v) is 21.6. The average Bonchev–Trinajstić information content (AvgIpc) is 3.04. The lowest BCUT2D eigenvalue weighted by molar-refractivity contribution is -0.131. The highest BCUT2D eigenvalue weighted by Gasteiger charge is 2.27. The first-order valence-corrected chi connectivity index (χ1v) is 12.6. The lowest BCUT2D eigenvalue weighted by Crippen LogP contribution is -2.44. The van der Waals surface area contributed by atoms with Gasteiger partial charge in [0, 0.05) is 33.2 Å². The van der Waals surface area contributed by atoms with Gasteiger partial charge in [-0.1, -0.05) is 6.07 Å². The summed E-state index contributed by atoms with van der Waals surface area (Å²) in [5.41, 5.74) is 4.56. The Balaban J connectivity index is 1.33. The molecule has 2 aliphatic heterocycles. The number of hydrogen-bond donors (Lipinski definition) is 1. The number of amides is 1. The van der Waals surface area contributed by atoms with Crippen molar-refractivity contribution in [2.45, 2.75) is 32.1 Å². The first-order chi connectivity index (χ1) is 17.0. The van der Waals surface area contributed by atoms with Crippen LogP contribution in [0.3, 0.4) is 0 Å². The average molecular weight is 482 g/mol. The first-order valence-electron chi connectivity index (χ1n) is 12.6. The van der Waals surface area contributed by atoms with Crippen molar-refractivity contribution < 1.29 is 19.0 Å². The van der Waals surface area contributed by atoms with E-state index in [1.54, 1.807) is 21.3 Å². The second-order valence-corrected chi connectivity index (χ2v) is 9.59. The van der Waals surface area contributed by atoms with Gasteiger partial charge in [-0.15, -0.1) is 0 Å². The highest BCUT2D eigenvalue weighted by Crippen LogP contribution is 2.31. The summed E-state index contributed by atoms with van der Waals surface area (Å²) < 4.78 is 16.3. The van der Waals surface area contributed by atoms with Crippen molar-refractivity contribution in [3.63, 3.8) is 0 Å². The van der Waals surface area contributed by atoms with Crippen LogP contribution >= 0.6 is 0 Å². The fourth-order valence-corrected chi connectivity index (χ4v) is 5.41. The van der Waals surface area contributed by atoms with Crippen LogP contribution in [0.1, 0.15) is 29.5 Å². The number of benzene rings is 2. The van der Waals surface area contributed by atoms with Gasteiger partial charge in [-0.2, -0.15) is 0 Å². The molecule has 35 heavy (non-hydrogen) atoms. The van der Waals surface area contributed by atoms with E-state index in [4.69, 9.17) is 14.2 Å². The van der Waals surface area contributed by atoms with Gasteiger partial charge >= 0.3 is 0 Å². The number of nitrogens with one attached hydrogen (secondary N) is 1. The summed E-state index contributed by atoms with van der Waals surface area (Å²) in [6.07, 6.45) is 4.67. The van der Waals surface area contributed by atoms with E-state index in [0.717, 1.165) is 74.1 Å². The standard InChI is InChI=1S/C28H39N3O4/c1-29-24-15-22-10-13-31(28(32)17-23(22)16-26(24)34-3)19-21-6-5-11-30(18-21)12-9-20-7-8-25(33-2)27(14-20)35-4/h7-8,14-16,21,29H,5-6,9-13,17-19H2,1-4H3. The van der Waals surface area contributed by atoms with Gasteiger partial charge in [-0.05, 0) is 79.1 Å². The van der Waals surface area contributed by atoms with E-state index < -0.39 is 0 Å². The maximum atomic E-state index is 13.1. The minimum atomic E-state index is 0.227. The van der Waals surface area contributed by atoms with Crippen molar-refractivity contribution in [1.29, 1.82) is 0 Å². The van der Waals surface area contributed by atoms with E-state index in [1.807, 2.05) is 19.2 Å². The number of anilines is 1. The maximum Gasteiger partial charge on any atom is 0.227 e. The Labute approximate surface area is 209 Å². The van der Waals surface area contributed by atoms with Crippen LogP contribution < -0.4 is 19.5 Å². The van der Waals surface area contributed by atoms with E-state index in [1.165, 1.54) is 24.0 Å². The number of piperidine rings is 1. The normalized spacial score (nSPS) is 18.6. The van der Waals surface area contributed by atoms with Gasteiger partial charge in [0.15, 0.2) is 11.5 Å². The Morgan fingerprint density at radius 3 is 2.51 bits per heavy atom. The van der Waals surface area contributed by atoms with Crippen molar-refractivity contribution >= 4 is 11.6 Å². The third-order valence-electron chi connectivity index (χ3n) is 7.38. The van der Waals surface area contributed by atoms with Crippen LogP contribution in [0, 0.1) is 5.92 Å². The fraction of sp³-hybridized carbons (Fsp3) is 0.536. The van der Waals surface area contributed by atoms with Crippen LogP contribution in [0.15, 0.2) is 30.3 Å². The monoisotopic (exact) mass is 481 g/mol. The minimum absolute atomic E-state index is 0.227. The molecule has 0 aliphatic carbocycles. The van der Waals surface area contributed by atoms with Crippen molar-refractivity contribution in [1.82, 2.24) is 9.80 Å². The third kappa shape index (κ3) is 6.01. The smallest absolute Gasteiger partial charge is 0.227 e. The number of hydrogen-bond acceptors (Lipinski definition) is 6. The molecule has 0 saturated carbocycles. The maximum absolute atomic E-state index is 13.1. The molecule has 7 nitrogen and oxygen atoms in total. The molecule has 2 aliphatic rings. The number of carbonyl (C=O) groups is 1. The van der Waals surface area contributed by atoms with Gasteiger partial charge < -0.3 is 29.3 Å². The molecule has 0 spiro atoms. The fourth-order valence-electron chi connectivity index (χ4n) is 5.41. The van der Waals surface area contributed by atoms with Gasteiger partial charge in [0.25, 0.3) is 0 Å². The molecule has 1 N–H and O–H groups in total. The van der Waals surface area contributed by atoms with Crippen LogP contribution in [0.4, 0.5) is 5.69 Å². The number of methoxy groups -OCH3 is 3. The molecular formula is C28H39N3O4. The number of likely N-dealkylation sites (tertiary alicyclic amines) is 1. The van der Waals surface area contributed by atoms with Crippen LogP contribution in [0.25, 0.3) is 0 Å². The molecule has 1 unspecified atom stereocenters. The molecule has 1 atom stereocenters. The van der Waals surface area contributed by atoms with E-state index in [2.05, 4.69) is 33.3 Å². The Morgan fingerprint density at radius 2 is 1.77 bits per heavy atom. The lowest BCUT2D eigenvalue weighted by atomic mass is 9.96. The number of ether oxygens (including phenoxy) is 3. The molecule has 4 rings (SSSR count). The van der Waals surface area contributed by atoms with Crippen molar-refractivity contribution in [3.05, 3.63) is 47.0 Å². The highest BCUT2D eigenvalue weighted by atomic mass is 16.5. The summed E-state index contributed by atoms with van der Waals surface area (Å²) in [6.45, 7) is 4.80. The van der Waals surface area contributed by atoms with Gasteiger partial charge in [-0.3, -0.25) is 4.79 Å². The van der Waals surface area contributed by atoms with Crippen molar-refractivity contribution in [2.24, 2.45) is 5.92 Å². The first kappa shape index (κ1) is 25.2. The Kier molecular flexibility index (Phi) is 8.39. The summed E-state index contributed by atoms with van der Waals surface area (Å²) in [6, 6.07) is 10.3. The summed E-state index contributed by atoms with van der Waals surface area (Å²) in [5.74, 6) is 3.08. The quantitative estimate of drug-likeness (QED) is 0.590. The number of carbonyl (C=O) groups excluding carboxylic acids is 1. The number of fused-ring (bicyclic) bond motifs is 1.